The molecule has 0 saturated carbocycles. The molecule has 0 spiro atoms. The van der Waals surface area contributed by atoms with E-state index in [9.17, 15) is 4.79 Å². The fraction of sp³-hybridized carbons (Fsp3) is 0.211. The van der Waals surface area contributed by atoms with Crippen LogP contribution in [-0.2, 0) is 11.4 Å². The van der Waals surface area contributed by atoms with E-state index in [1.165, 1.54) is 0 Å². The molecule has 1 unspecified atom stereocenters. The van der Waals surface area contributed by atoms with Gasteiger partial charge in [0.1, 0.15) is 12.4 Å². The van der Waals surface area contributed by atoms with Crippen LogP contribution in [0.2, 0.25) is 0 Å². The molecule has 1 aromatic carbocycles. The summed E-state index contributed by atoms with van der Waals surface area (Å²) >= 11 is 1.57. The quantitative estimate of drug-likeness (QED) is 0.739. The van der Waals surface area contributed by atoms with Crippen molar-refractivity contribution < 1.29 is 9.53 Å². The van der Waals surface area contributed by atoms with Crippen LogP contribution in [0.15, 0.2) is 48.7 Å². The summed E-state index contributed by atoms with van der Waals surface area (Å²) in [5, 5.41) is 10.0. The molecule has 26 heavy (non-hydrogen) atoms. The molecule has 3 heterocycles. The topological polar surface area (TPSA) is 79.9 Å². The number of para-hydroxylation sites is 1. The van der Waals surface area contributed by atoms with Gasteiger partial charge < -0.3 is 10.1 Å². The first-order chi connectivity index (χ1) is 12.7. The van der Waals surface area contributed by atoms with Gasteiger partial charge in [0.25, 0.3) is 0 Å². The van der Waals surface area contributed by atoms with Gasteiger partial charge in [-0.15, -0.1) is 11.8 Å². The number of aromatic nitrogens is 3. The minimum Gasteiger partial charge on any atom is -0.487 e. The van der Waals surface area contributed by atoms with E-state index in [-0.39, 0.29) is 11.2 Å². The van der Waals surface area contributed by atoms with E-state index >= 15 is 0 Å². The zero-order valence-electron chi connectivity index (χ0n) is 14.2. The Morgan fingerprint density at radius 2 is 2.08 bits per heavy atom. The number of amides is 1. The van der Waals surface area contributed by atoms with Crippen molar-refractivity contribution in [2.75, 3.05) is 11.1 Å². The molecule has 0 saturated heterocycles. The summed E-state index contributed by atoms with van der Waals surface area (Å²) < 4.78 is 6.06. The molecule has 132 valence electrons. The van der Waals surface area contributed by atoms with E-state index in [0.29, 0.717) is 18.2 Å². The van der Waals surface area contributed by atoms with Gasteiger partial charge in [0, 0.05) is 23.0 Å². The Morgan fingerprint density at radius 3 is 2.92 bits per heavy atom. The second-order valence-electron chi connectivity index (χ2n) is 6.00. The van der Waals surface area contributed by atoms with Crippen LogP contribution in [0, 0.1) is 6.92 Å². The summed E-state index contributed by atoms with van der Waals surface area (Å²) in [5.74, 6) is 1.71. The number of hydrogen-bond acceptors (Lipinski definition) is 5. The normalized spacial score (nSPS) is 16.5. The molecule has 0 aliphatic carbocycles. The maximum absolute atomic E-state index is 12.0. The SMILES string of the molecule is Cc1[nH]nc2c1C(c1ccccc1OCc1ccccn1)SCC(=O)N2. The molecule has 2 N–H and O–H groups in total. The Morgan fingerprint density at radius 1 is 1.23 bits per heavy atom. The molecule has 0 bridgehead atoms. The average molecular weight is 366 g/mol. The number of pyridine rings is 1. The Hall–Kier alpha value is -2.80. The number of nitrogens with one attached hydrogen (secondary N) is 2. The second kappa shape index (κ2) is 7.21. The highest BCUT2D eigenvalue weighted by molar-refractivity contribution is 8.00. The van der Waals surface area contributed by atoms with Gasteiger partial charge in [-0.2, -0.15) is 5.10 Å². The molecule has 0 fully saturated rings. The van der Waals surface area contributed by atoms with Crippen molar-refractivity contribution in [3.05, 3.63) is 71.2 Å². The lowest BCUT2D eigenvalue weighted by atomic mass is 10.0. The molecule has 4 rings (SSSR count). The molecule has 0 radical (unpaired) electrons. The second-order valence-corrected chi connectivity index (χ2v) is 7.09. The van der Waals surface area contributed by atoms with Gasteiger partial charge in [0.15, 0.2) is 5.82 Å². The number of hydrogen-bond donors (Lipinski definition) is 2. The Kier molecular flexibility index (Phi) is 4.62. The van der Waals surface area contributed by atoms with Crippen LogP contribution in [-0.4, -0.2) is 26.8 Å². The highest BCUT2D eigenvalue weighted by atomic mass is 32.2. The highest BCUT2D eigenvalue weighted by Crippen LogP contribution is 2.45. The van der Waals surface area contributed by atoms with Crippen molar-refractivity contribution in [1.29, 1.82) is 0 Å². The Bertz CT molecular complexity index is 926. The molecule has 7 heteroatoms. The minimum absolute atomic E-state index is 0.0392. The number of thioether (sulfide) groups is 1. The third kappa shape index (κ3) is 3.30. The first-order valence-electron chi connectivity index (χ1n) is 8.30. The number of benzene rings is 1. The predicted molar refractivity (Wildman–Crippen MR) is 101 cm³/mol. The maximum Gasteiger partial charge on any atom is 0.235 e. The lowest BCUT2D eigenvalue weighted by Crippen LogP contribution is -2.12. The minimum atomic E-state index is -0.0443. The first-order valence-corrected chi connectivity index (χ1v) is 9.35. The molecule has 1 atom stereocenters. The van der Waals surface area contributed by atoms with Crippen LogP contribution in [0.25, 0.3) is 0 Å². The van der Waals surface area contributed by atoms with Gasteiger partial charge >= 0.3 is 0 Å². The Labute approximate surface area is 155 Å². The molecule has 6 nitrogen and oxygen atoms in total. The number of aromatic amines is 1. The van der Waals surface area contributed by atoms with Crippen LogP contribution < -0.4 is 10.1 Å². The summed E-state index contributed by atoms with van der Waals surface area (Å²) in [6.07, 6.45) is 1.75. The highest BCUT2D eigenvalue weighted by Gasteiger charge is 2.30. The fourth-order valence-electron chi connectivity index (χ4n) is 2.97. The van der Waals surface area contributed by atoms with Crippen molar-refractivity contribution in [2.45, 2.75) is 18.8 Å². The van der Waals surface area contributed by atoms with Gasteiger partial charge in [0.2, 0.25) is 5.91 Å². The third-order valence-corrected chi connectivity index (χ3v) is 5.45. The summed E-state index contributed by atoms with van der Waals surface area (Å²) in [7, 11) is 0. The van der Waals surface area contributed by atoms with E-state index in [0.717, 1.165) is 28.3 Å². The van der Waals surface area contributed by atoms with Gasteiger partial charge in [-0.3, -0.25) is 14.9 Å². The zero-order chi connectivity index (χ0) is 17.9. The molecule has 1 amide bonds. The van der Waals surface area contributed by atoms with Crippen molar-refractivity contribution in [2.24, 2.45) is 0 Å². The van der Waals surface area contributed by atoms with Gasteiger partial charge in [-0.1, -0.05) is 24.3 Å². The average Bonchev–Trinajstić information content (AvgIpc) is 2.93. The van der Waals surface area contributed by atoms with E-state index in [1.54, 1.807) is 18.0 Å². The zero-order valence-corrected chi connectivity index (χ0v) is 15.0. The number of carbonyl (C=O) groups excluding carboxylic acids is 1. The number of ether oxygens (including phenoxy) is 1. The summed E-state index contributed by atoms with van der Waals surface area (Å²) in [4.78, 5) is 16.3. The lowest BCUT2D eigenvalue weighted by Gasteiger charge is -2.19. The Balaban J connectivity index is 1.67. The summed E-state index contributed by atoms with van der Waals surface area (Å²) in [6.45, 7) is 2.36. The number of fused-ring (bicyclic) bond motifs is 1. The molecule has 1 aliphatic heterocycles. The molecule has 3 aromatic rings. The smallest absolute Gasteiger partial charge is 0.235 e. The van der Waals surface area contributed by atoms with Crippen LogP contribution >= 0.6 is 11.8 Å². The fourth-order valence-corrected chi connectivity index (χ4v) is 4.19. The standard InChI is InChI=1S/C19H18N4O2S/c1-12-17-18(26-11-16(24)21-19(17)23-22-12)14-7-2-3-8-15(14)25-10-13-6-4-5-9-20-13/h2-9,18H,10-11H2,1H3,(H2,21,22,23,24). The number of aryl methyl sites for hydroxylation is 1. The van der Waals surface area contributed by atoms with Crippen LogP contribution in [0.1, 0.15) is 27.8 Å². The number of carbonyl (C=O) groups is 1. The van der Waals surface area contributed by atoms with Gasteiger partial charge in [-0.25, -0.2) is 0 Å². The molecule has 2 aromatic heterocycles. The van der Waals surface area contributed by atoms with Crippen molar-refractivity contribution in [1.82, 2.24) is 15.2 Å². The third-order valence-electron chi connectivity index (χ3n) is 4.20. The van der Waals surface area contributed by atoms with Gasteiger partial charge in [0.05, 0.1) is 16.7 Å². The van der Waals surface area contributed by atoms with E-state index in [1.807, 2.05) is 49.4 Å². The molecule has 1 aliphatic rings. The maximum atomic E-state index is 12.0. The summed E-state index contributed by atoms with van der Waals surface area (Å²) in [5.41, 5.74) is 3.83. The van der Waals surface area contributed by atoms with Crippen LogP contribution in [0.4, 0.5) is 5.82 Å². The summed E-state index contributed by atoms with van der Waals surface area (Å²) in [6, 6.07) is 13.7. The van der Waals surface area contributed by atoms with Crippen LogP contribution in [0.3, 0.4) is 0 Å². The van der Waals surface area contributed by atoms with Crippen LogP contribution in [0.5, 0.6) is 5.75 Å². The monoisotopic (exact) mass is 366 g/mol. The van der Waals surface area contributed by atoms with E-state index in [2.05, 4.69) is 20.5 Å². The first kappa shape index (κ1) is 16.7. The number of anilines is 1. The number of nitrogens with zero attached hydrogens (tertiary/aromatic N) is 2. The van der Waals surface area contributed by atoms with Gasteiger partial charge in [-0.05, 0) is 25.1 Å². The van der Waals surface area contributed by atoms with E-state index < -0.39 is 0 Å². The van der Waals surface area contributed by atoms with E-state index in [4.69, 9.17) is 4.74 Å². The largest absolute Gasteiger partial charge is 0.487 e. The lowest BCUT2D eigenvalue weighted by molar-refractivity contribution is -0.113. The van der Waals surface area contributed by atoms with Crippen molar-refractivity contribution in [3.63, 3.8) is 0 Å². The predicted octanol–water partition coefficient (Wildman–Crippen LogP) is 3.47. The molecular weight excluding hydrogens is 348 g/mol. The van der Waals surface area contributed by atoms with Crippen molar-refractivity contribution in [3.8, 4) is 5.75 Å². The molecular formula is C19H18N4O2S. The number of rotatable bonds is 4. The van der Waals surface area contributed by atoms with Crippen molar-refractivity contribution >= 4 is 23.5 Å². The number of H-pyrrole nitrogens is 1.